The van der Waals surface area contributed by atoms with Gasteiger partial charge in [-0.3, -0.25) is 9.69 Å². The molecule has 1 amide bonds. The van der Waals surface area contributed by atoms with Crippen LogP contribution in [0.15, 0.2) is 29.4 Å². The molecular formula is C28H43N5O2S. The Morgan fingerprint density at radius 1 is 1.19 bits per heavy atom. The number of amides is 1. The van der Waals surface area contributed by atoms with Crippen LogP contribution in [0.4, 0.5) is 5.69 Å². The number of carbonyl (C=O) groups excluding carboxylic acids is 1. The van der Waals surface area contributed by atoms with Gasteiger partial charge in [0.15, 0.2) is 5.16 Å². The maximum atomic E-state index is 12.7. The Labute approximate surface area is 221 Å². The molecule has 198 valence electrons. The molecule has 1 aromatic carbocycles. The summed E-state index contributed by atoms with van der Waals surface area (Å²) in [5.41, 5.74) is 2.68. The summed E-state index contributed by atoms with van der Waals surface area (Å²) in [6, 6.07) is 8.74. The first-order chi connectivity index (χ1) is 17.5. The molecule has 8 heteroatoms. The van der Waals surface area contributed by atoms with Crippen molar-refractivity contribution in [1.29, 1.82) is 0 Å². The monoisotopic (exact) mass is 513 g/mol. The number of fused-ring (bicyclic) bond motifs is 2. The molecule has 2 aliphatic carbocycles. The quantitative estimate of drug-likeness (QED) is 0.480. The van der Waals surface area contributed by atoms with Gasteiger partial charge in [0.25, 0.3) is 0 Å². The van der Waals surface area contributed by atoms with Crippen molar-refractivity contribution < 1.29 is 11.0 Å². The predicted molar refractivity (Wildman–Crippen MR) is 146 cm³/mol. The fourth-order valence-electron chi connectivity index (χ4n) is 6.79. The molecule has 1 aliphatic heterocycles. The topological polar surface area (TPSA) is 72.3 Å². The number of anilines is 1. The van der Waals surface area contributed by atoms with E-state index in [0.29, 0.717) is 11.2 Å². The summed E-state index contributed by atoms with van der Waals surface area (Å²) in [4.78, 5) is 15.1. The fourth-order valence-corrected chi connectivity index (χ4v) is 7.61. The van der Waals surface area contributed by atoms with E-state index in [1.165, 1.54) is 62.3 Å². The number of rotatable bonds is 8. The number of nitrogens with zero attached hydrogens (tertiary/aromatic N) is 4. The number of nitrogens with one attached hydrogen (secondary N) is 1. The van der Waals surface area contributed by atoms with Crippen molar-refractivity contribution in [2.75, 3.05) is 37.4 Å². The number of ether oxygens (including phenoxy) is 1. The Bertz CT molecular complexity index is 1030. The van der Waals surface area contributed by atoms with Crippen molar-refractivity contribution in [1.82, 2.24) is 19.7 Å². The molecule has 1 aromatic heterocycles. The Hall–Kier alpha value is -1.90. The molecule has 2 heterocycles. The molecule has 3 atom stereocenters. The molecule has 3 fully saturated rings. The lowest BCUT2D eigenvalue weighted by molar-refractivity contribution is -0.113. The van der Waals surface area contributed by atoms with Crippen LogP contribution in [0, 0.1) is 11.8 Å². The maximum absolute atomic E-state index is 12.7. The van der Waals surface area contributed by atoms with Gasteiger partial charge in [0.2, 0.25) is 5.91 Å². The molecule has 2 saturated carbocycles. The summed E-state index contributed by atoms with van der Waals surface area (Å²) >= 11 is 1.46. The van der Waals surface area contributed by atoms with E-state index in [-0.39, 0.29) is 7.33 Å². The predicted octanol–water partition coefficient (Wildman–Crippen LogP) is 5.36. The molecule has 3 aliphatic rings. The lowest BCUT2D eigenvalue weighted by atomic mass is 9.62. The van der Waals surface area contributed by atoms with Crippen LogP contribution in [0.25, 0.3) is 0 Å². The molecule has 7 nitrogen and oxygen atoms in total. The van der Waals surface area contributed by atoms with E-state index in [1.807, 2.05) is 0 Å². The van der Waals surface area contributed by atoms with E-state index < -0.39 is 0 Å². The van der Waals surface area contributed by atoms with Crippen LogP contribution in [-0.2, 0) is 28.0 Å². The van der Waals surface area contributed by atoms with E-state index in [9.17, 15) is 4.79 Å². The molecule has 0 spiro atoms. The van der Waals surface area contributed by atoms with Crippen molar-refractivity contribution in [3.05, 3.63) is 35.7 Å². The van der Waals surface area contributed by atoms with Gasteiger partial charge in [0.05, 0.1) is 25.5 Å². The molecule has 0 radical (unpaired) electrons. The van der Waals surface area contributed by atoms with Gasteiger partial charge < -0.3 is 14.6 Å². The smallest absolute Gasteiger partial charge is 0.234 e. The minimum absolute atomic E-state index is 0. The first-order valence-electron chi connectivity index (χ1n) is 13.8. The summed E-state index contributed by atoms with van der Waals surface area (Å²) in [5.74, 6) is 2.95. The SMILES string of the molecule is CCn1c(CN2CCOCC2)nnc1SCC(=O)Nc1ccc(C23CCCCC(CC(C)C2)C3)cc1.[HH]. The number of hydrogen-bond donors (Lipinski definition) is 1. The van der Waals surface area contributed by atoms with Crippen molar-refractivity contribution in [2.45, 2.75) is 82.5 Å². The molecular weight excluding hydrogens is 470 g/mol. The van der Waals surface area contributed by atoms with Crippen LogP contribution in [0.3, 0.4) is 0 Å². The second-order valence-corrected chi connectivity index (χ2v) is 12.0. The van der Waals surface area contributed by atoms with Crippen LogP contribution >= 0.6 is 11.8 Å². The fraction of sp³-hybridized carbons (Fsp3) is 0.679. The first-order valence-corrected chi connectivity index (χ1v) is 14.8. The number of morpholine rings is 1. The Morgan fingerprint density at radius 2 is 2.00 bits per heavy atom. The van der Waals surface area contributed by atoms with Gasteiger partial charge in [0, 0.05) is 26.7 Å². The van der Waals surface area contributed by atoms with E-state index in [2.05, 4.69) is 63.1 Å². The maximum Gasteiger partial charge on any atom is 0.234 e. The van der Waals surface area contributed by atoms with Gasteiger partial charge >= 0.3 is 0 Å². The zero-order valence-corrected chi connectivity index (χ0v) is 22.7. The highest BCUT2D eigenvalue weighted by atomic mass is 32.2. The molecule has 5 rings (SSSR count). The Balaban J connectivity index is 0.00000320. The van der Waals surface area contributed by atoms with Crippen LogP contribution < -0.4 is 5.32 Å². The van der Waals surface area contributed by atoms with Gasteiger partial charge in [-0.15, -0.1) is 10.2 Å². The van der Waals surface area contributed by atoms with Crippen LogP contribution in [0.2, 0.25) is 0 Å². The molecule has 3 unspecified atom stereocenters. The minimum atomic E-state index is -0.00730. The second kappa shape index (κ2) is 11.7. The van der Waals surface area contributed by atoms with Crippen molar-refractivity contribution in [3.63, 3.8) is 0 Å². The van der Waals surface area contributed by atoms with Crippen LogP contribution in [0.1, 0.15) is 71.6 Å². The van der Waals surface area contributed by atoms with E-state index in [4.69, 9.17) is 4.74 Å². The third-order valence-electron chi connectivity index (χ3n) is 8.36. The third-order valence-corrected chi connectivity index (χ3v) is 9.33. The number of carbonyl (C=O) groups is 1. The average molecular weight is 514 g/mol. The standard InChI is InChI=1S/C28H41N5O2S.H2/c1-3-33-25(19-32-12-14-35-15-13-32)30-31-27(33)36-20-26(34)29-24-9-7-23(8-10-24)28-11-5-4-6-22(18-28)16-21(2)17-28;/h7-10,21-22H,3-6,11-20H2,1-2H3,(H,29,34);1H. The van der Waals surface area contributed by atoms with E-state index in [1.54, 1.807) is 0 Å². The largest absolute Gasteiger partial charge is 0.379 e. The highest BCUT2D eigenvalue weighted by molar-refractivity contribution is 7.99. The number of benzene rings is 1. The normalized spacial score (nSPS) is 26.9. The van der Waals surface area contributed by atoms with Gasteiger partial charge in [-0.25, -0.2) is 0 Å². The van der Waals surface area contributed by atoms with Gasteiger partial charge in [-0.2, -0.15) is 0 Å². The van der Waals surface area contributed by atoms with Gasteiger partial charge in [-0.1, -0.05) is 50.1 Å². The van der Waals surface area contributed by atoms with Gasteiger partial charge in [0.1, 0.15) is 5.82 Å². The molecule has 1 saturated heterocycles. The van der Waals surface area contributed by atoms with Crippen LogP contribution in [0.5, 0.6) is 0 Å². The van der Waals surface area contributed by atoms with E-state index >= 15 is 0 Å². The van der Waals surface area contributed by atoms with Crippen molar-refractivity contribution >= 4 is 23.4 Å². The highest BCUT2D eigenvalue weighted by Gasteiger charge is 2.41. The van der Waals surface area contributed by atoms with E-state index in [0.717, 1.165) is 67.9 Å². The zero-order valence-electron chi connectivity index (χ0n) is 21.9. The summed E-state index contributed by atoms with van der Waals surface area (Å²) in [5, 5.41) is 12.7. The first kappa shape index (κ1) is 25.7. The second-order valence-electron chi connectivity index (χ2n) is 11.1. The Morgan fingerprint density at radius 3 is 2.78 bits per heavy atom. The summed E-state index contributed by atoms with van der Waals surface area (Å²) in [6.45, 7) is 9.46. The Kier molecular flexibility index (Phi) is 8.33. The zero-order chi connectivity index (χ0) is 25.0. The average Bonchev–Trinajstić information content (AvgIpc) is 3.19. The number of thioether (sulfide) groups is 1. The van der Waals surface area contributed by atoms with Crippen molar-refractivity contribution in [3.8, 4) is 0 Å². The third kappa shape index (κ3) is 5.97. The summed E-state index contributed by atoms with van der Waals surface area (Å²) in [7, 11) is 0. The minimum Gasteiger partial charge on any atom is -0.379 e. The highest BCUT2D eigenvalue weighted by Crippen LogP contribution is 2.51. The number of aromatic nitrogens is 3. The lowest BCUT2D eigenvalue weighted by Crippen LogP contribution is -2.36. The van der Waals surface area contributed by atoms with Crippen LogP contribution in [-0.4, -0.2) is 57.6 Å². The molecule has 1 N–H and O–H groups in total. The summed E-state index contributed by atoms with van der Waals surface area (Å²) in [6.07, 6.45) is 9.47. The lowest BCUT2D eigenvalue weighted by Gasteiger charge is -2.43. The molecule has 36 heavy (non-hydrogen) atoms. The molecule has 2 aromatic rings. The van der Waals surface area contributed by atoms with Gasteiger partial charge in [-0.05, 0) is 67.6 Å². The molecule has 2 bridgehead atoms. The number of hydrogen-bond acceptors (Lipinski definition) is 6. The van der Waals surface area contributed by atoms with Crippen molar-refractivity contribution in [2.24, 2.45) is 11.8 Å². The summed E-state index contributed by atoms with van der Waals surface area (Å²) < 4.78 is 7.56.